The van der Waals surface area contributed by atoms with Crippen molar-refractivity contribution in [1.29, 1.82) is 0 Å². The van der Waals surface area contributed by atoms with Crippen LogP contribution in [-0.2, 0) is 4.74 Å². The van der Waals surface area contributed by atoms with E-state index in [-0.39, 0.29) is 5.97 Å². The lowest BCUT2D eigenvalue weighted by atomic mass is 10.0. The minimum absolute atomic E-state index is 0.291. The van der Waals surface area contributed by atoms with Crippen molar-refractivity contribution < 1.29 is 14.3 Å². The number of ether oxygens (including phenoxy) is 2. The van der Waals surface area contributed by atoms with Crippen LogP contribution in [0.2, 0.25) is 0 Å². The Bertz CT molecular complexity index is 708. The Labute approximate surface area is 170 Å². The van der Waals surface area contributed by atoms with E-state index in [2.05, 4.69) is 6.92 Å². The Balaban J connectivity index is 1.65. The Hall–Kier alpha value is -2.03. The van der Waals surface area contributed by atoms with E-state index >= 15 is 0 Å². The fraction of sp³-hybridized carbons (Fsp3) is 0.560. The third kappa shape index (κ3) is 7.18. The zero-order valence-electron chi connectivity index (χ0n) is 17.7. The van der Waals surface area contributed by atoms with E-state index in [4.69, 9.17) is 9.47 Å². The molecule has 0 saturated carbocycles. The van der Waals surface area contributed by atoms with Crippen LogP contribution in [0.4, 0.5) is 0 Å². The first-order valence-electron chi connectivity index (χ1n) is 11.0. The smallest absolute Gasteiger partial charge is 0.342 e. The SMILES string of the molecule is CCCCCCCCCCCCCOC(=O)c1c(OC)ccc2ccccc12. The van der Waals surface area contributed by atoms with Gasteiger partial charge in [-0.25, -0.2) is 4.79 Å². The number of rotatable bonds is 14. The number of esters is 1. The van der Waals surface area contributed by atoms with Gasteiger partial charge in [0.05, 0.1) is 13.7 Å². The molecular formula is C25H36O3. The first-order chi connectivity index (χ1) is 13.8. The highest BCUT2D eigenvalue weighted by Gasteiger charge is 2.17. The molecule has 28 heavy (non-hydrogen) atoms. The first kappa shape index (κ1) is 22.3. The molecule has 0 radical (unpaired) electrons. The lowest BCUT2D eigenvalue weighted by molar-refractivity contribution is 0.0496. The molecule has 3 nitrogen and oxygen atoms in total. The van der Waals surface area contributed by atoms with Crippen LogP contribution >= 0.6 is 0 Å². The van der Waals surface area contributed by atoms with Crippen molar-refractivity contribution >= 4 is 16.7 Å². The Morgan fingerprint density at radius 1 is 0.786 bits per heavy atom. The van der Waals surface area contributed by atoms with Crippen molar-refractivity contribution in [2.45, 2.75) is 77.6 Å². The quantitative estimate of drug-likeness (QED) is 0.253. The third-order valence-corrected chi connectivity index (χ3v) is 5.30. The van der Waals surface area contributed by atoms with Crippen LogP contribution in [0.1, 0.15) is 87.9 Å². The normalized spacial score (nSPS) is 10.9. The maximum atomic E-state index is 12.6. The molecule has 0 spiro atoms. The van der Waals surface area contributed by atoms with Crippen LogP contribution in [0.15, 0.2) is 36.4 Å². The molecule has 0 aliphatic rings. The van der Waals surface area contributed by atoms with Gasteiger partial charge in [0.25, 0.3) is 0 Å². The van der Waals surface area contributed by atoms with Crippen molar-refractivity contribution in [3.8, 4) is 5.75 Å². The molecule has 0 heterocycles. The summed E-state index contributed by atoms with van der Waals surface area (Å²) in [6.45, 7) is 2.73. The predicted octanol–water partition coefficient (Wildman–Crippen LogP) is 7.32. The Morgan fingerprint density at radius 2 is 1.39 bits per heavy atom. The van der Waals surface area contributed by atoms with Crippen LogP contribution in [0.25, 0.3) is 10.8 Å². The van der Waals surface area contributed by atoms with Crippen molar-refractivity contribution in [3.05, 3.63) is 42.0 Å². The maximum Gasteiger partial charge on any atom is 0.342 e. The van der Waals surface area contributed by atoms with Gasteiger partial charge >= 0.3 is 5.97 Å². The summed E-state index contributed by atoms with van der Waals surface area (Å²) in [5, 5.41) is 1.90. The Morgan fingerprint density at radius 3 is 2.04 bits per heavy atom. The number of fused-ring (bicyclic) bond motifs is 1. The van der Waals surface area contributed by atoms with Crippen molar-refractivity contribution in [3.63, 3.8) is 0 Å². The summed E-state index contributed by atoms with van der Waals surface area (Å²) < 4.78 is 10.9. The second-order valence-electron chi connectivity index (χ2n) is 7.54. The molecule has 0 aromatic heterocycles. The van der Waals surface area contributed by atoms with Gasteiger partial charge in [-0.15, -0.1) is 0 Å². The number of methoxy groups -OCH3 is 1. The van der Waals surface area contributed by atoms with Gasteiger partial charge in [0.15, 0.2) is 0 Å². The second-order valence-corrected chi connectivity index (χ2v) is 7.54. The standard InChI is InChI=1S/C25H36O3/c1-3-4-5-6-7-8-9-10-11-12-15-20-28-25(26)24-22-17-14-13-16-21(22)18-19-23(24)27-2/h13-14,16-19H,3-12,15,20H2,1-2H3. The summed E-state index contributed by atoms with van der Waals surface area (Å²) >= 11 is 0. The molecule has 0 atom stereocenters. The van der Waals surface area contributed by atoms with Gasteiger partial charge < -0.3 is 9.47 Å². The monoisotopic (exact) mass is 384 g/mol. The molecular weight excluding hydrogens is 348 g/mol. The predicted molar refractivity (Wildman–Crippen MR) is 117 cm³/mol. The molecule has 2 aromatic carbocycles. The molecule has 3 heteroatoms. The van der Waals surface area contributed by atoms with Crippen LogP contribution in [0.3, 0.4) is 0 Å². The van der Waals surface area contributed by atoms with Crippen LogP contribution in [-0.4, -0.2) is 19.7 Å². The maximum absolute atomic E-state index is 12.6. The van der Waals surface area contributed by atoms with E-state index in [1.54, 1.807) is 7.11 Å². The van der Waals surface area contributed by atoms with E-state index in [1.807, 2.05) is 36.4 Å². The van der Waals surface area contributed by atoms with Crippen molar-refractivity contribution in [1.82, 2.24) is 0 Å². The van der Waals surface area contributed by atoms with E-state index in [0.717, 1.165) is 23.6 Å². The molecule has 0 fully saturated rings. The second kappa shape index (κ2) is 13.2. The average molecular weight is 385 g/mol. The highest BCUT2D eigenvalue weighted by atomic mass is 16.5. The topological polar surface area (TPSA) is 35.5 Å². The first-order valence-corrected chi connectivity index (χ1v) is 11.0. The lowest BCUT2D eigenvalue weighted by Crippen LogP contribution is -2.09. The van der Waals surface area contributed by atoms with Gasteiger partial charge in [0, 0.05) is 0 Å². The van der Waals surface area contributed by atoms with E-state index in [0.29, 0.717) is 17.9 Å². The summed E-state index contributed by atoms with van der Waals surface area (Å²) in [7, 11) is 1.59. The van der Waals surface area contributed by atoms with Crippen molar-refractivity contribution in [2.24, 2.45) is 0 Å². The van der Waals surface area contributed by atoms with Gasteiger partial charge in [-0.05, 0) is 23.3 Å². The number of carbonyl (C=O) groups excluding carboxylic acids is 1. The molecule has 2 rings (SSSR count). The molecule has 0 amide bonds. The summed E-state index contributed by atoms with van der Waals surface area (Å²) in [5.41, 5.74) is 0.531. The minimum Gasteiger partial charge on any atom is -0.496 e. The summed E-state index contributed by atoms with van der Waals surface area (Å²) in [6.07, 6.45) is 14.1. The zero-order chi connectivity index (χ0) is 20.0. The number of hydrogen-bond donors (Lipinski definition) is 0. The van der Waals surface area contributed by atoms with E-state index < -0.39 is 0 Å². The molecule has 2 aromatic rings. The number of hydrogen-bond acceptors (Lipinski definition) is 3. The number of carbonyl (C=O) groups is 1. The van der Waals surface area contributed by atoms with Crippen LogP contribution in [0, 0.1) is 0 Å². The van der Waals surface area contributed by atoms with Crippen LogP contribution < -0.4 is 4.74 Å². The molecule has 154 valence electrons. The third-order valence-electron chi connectivity index (χ3n) is 5.30. The summed E-state index contributed by atoms with van der Waals surface area (Å²) in [4.78, 5) is 12.6. The number of benzene rings is 2. The summed E-state index contributed by atoms with van der Waals surface area (Å²) in [6, 6.07) is 11.6. The summed E-state index contributed by atoms with van der Waals surface area (Å²) in [5.74, 6) is 0.281. The lowest BCUT2D eigenvalue weighted by Gasteiger charge is -2.12. The van der Waals surface area contributed by atoms with E-state index in [1.165, 1.54) is 57.8 Å². The fourth-order valence-electron chi connectivity index (χ4n) is 3.64. The highest BCUT2D eigenvalue weighted by molar-refractivity contribution is 6.07. The van der Waals surface area contributed by atoms with Gasteiger partial charge in [0.2, 0.25) is 0 Å². The van der Waals surface area contributed by atoms with Gasteiger partial charge in [-0.1, -0.05) is 101 Å². The minimum atomic E-state index is -0.291. The largest absolute Gasteiger partial charge is 0.496 e. The fourth-order valence-corrected chi connectivity index (χ4v) is 3.64. The van der Waals surface area contributed by atoms with Gasteiger partial charge in [-0.2, -0.15) is 0 Å². The van der Waals surface area contributed by atoms with Crippen LogP contribution in [0.5, 0.6) is 5.75 Å². The van der Waals surface area contributed by atoms with E-state index in [9.17, 15) is 4.79 Å². The highest BCUT2D eigenvalue weighted by Crippen LogP contribution is 2.28. The van der Waals surface area contributed by atoms with Crippen molar-refractivity contribution in [2.75, 3.05) is 13.7 Å². The molecule has 0 saturated heterocycles. The Kier molecular flexibility index (Phi) is 10.5. The number of unbranched alkanes of at least 4 members (excludes halogenated alkanes) is 10. The molecule has 0 aliphatic heterocycles. The average Bonchev–Trinajstić information content (AvgIpc) is 2.73. The molecule has 0 unspecified atom stereocenters. The van der Waals surface area contributed by atoms with Gasteiger partial charge in [0.1, 0.15) is 11.3 Å². The van der Waals surface area contributed by atoms with Gasteiger partial charge in [-0.3, -0.25) is 0 Å². The zero-order valence-corrected chi connectivity index (χ0v) is 17.7. The molecule has 0 bridgehead atoms. The molecule has 0 N–H and O–H groups in total. The molecule has 0 aliphatic carbocycles.